The van der Waals surface area contributed by atoms with Crippen LogP contribution in [0.4, 0.5) is 5.69 Å². The number of hydrogen-bond donors (Lipinski definition) is 0. The van der Waals surface area contributed by atoms with E-state index in [1.54, 1.807) is 23.9 Å². The Hall–Kier alpha value is -1.85. The van der Waals surface area contributed by atoms with E-state index in [1.807, 2.05) is 12.1 Å². The maximum atomic E-state index is 10.7. The molecule has 4 rings (SSSR count). The van der Waals surface area contributed by atoms with E-state index in [0.717, 1.165) is 10.9 Å². The lowest BCUT2D eigenvalue weighted by molar-refractivity contribution is -0.384. The molecule has 0 saturated carbocycles. The van der Waals surface area contributed by atoms with Crippen molar-refractivity contribution in [2.24, 2.45) is 0 Å². The van der Waals surface area contributed by atoms with E-state index in [0.29, 0.717) is 6.04 Å². The number of benzene rings is 2. The van der Waals surface area contributed by atoms with Crippen LogP contribution in [0.5, 0.6) is 0 Å². The van der Waals surface area contributed by atoms with Crippen LogP contribution in [0.1, 0.15) is 43.7 Å². The van der Waals surface area contributed by atoms with E-state index in [1.165, 1.54) is 49.1 Å². The first-order valence-electron chi connectivity index (χ1n) is 8.99. The molecule has 5 heteroatoms. The average Bonchev–Trinajstić information content (AvgIpc) is 3.12. The van der Waals surface area contributed by atoms with Crippen molar-refractivity contribution in [1.29, 1.82) is 0 Å². The van der Waals surface area contributed by atoms with Gasteiger partial charge in [-0.2, -0.15) is 0 Å². The Morgan fingerprint density at radius 2 is 1.56 bits per heavy atom. The van der Waals surface area contributed by atoms with Crippen molar-refractivity contribution >= 4 is 17.4 Å². The monoisotopic (exact) mass is 354 g/mol. The normalized spacial score (nSPS) is 23.4. The second kappa shape index (κ2) is 7.18. The molecule has 2 fully saturated rings. The summed E-state index contributed by atoms with van der Waals surface area (Å²) in [6.45, 7) is 1.24. The summed E-state index contributed by atoms with van der Waals surface area (Å²) in [6, 6.07) is 17.0. The van der Waals surface area contributed by atoms with Gasteiger partial charge in [-0.3, -0.25) is 15.0 Å². The van der Waals surface area contributed by atoms with E-state index in [-0.39, 0.29) is 10.6 Å². The molecule has 2 unspecified atom stereocenters. The molecule has 0 spiro atoms. The summed E-state index contributed by atoms with van der Waals surface area (Å²) in [7, 11) is 0. The summed E-state index contributed by atoms with van der Waals surface area (Å²) in [5.74, 6) is 0. The Kier molecular flexibility index (Phi) is 4.77. The van der Waals surface area contributed by atoms with Crippen LogP contribution in [-0.2, 0) is 0 Å². The number of piperidine rings is 1. The molecule has 0 N–H and O–H groups in total. The predicted octanol–water partition coefficient (Wildman–Crippen LogP) is 5.44. The SMILES string of the molecule is O=[N+]([O-])c1ccc(Sc2ccc(C3CCCC4CCCN43)cc2)cc1. The highest BCUT2D eigenvalue weighted by atomic mass is 32.2. The van der Waals surface area contributed by atoms with Crippen molar-refractivity contribution in [3.05, 3.63) is 64.2 Å². The van der Waals surface area contributed by atoms with Gasteiger partial charge in [-0.25, -0.2) is 0 Å². The van der Waals surface area contributed by atoms with E-state index in [9.17, 15) is 10.1 Å². The van der Waals surface area contributed by atoms with Gasteiger partial charge in [0, 0.05) is 34.0 Å². The first kappa shape index (κ1) is 16.6. The molecule has 2 aliphatic heterocycles. The maximum Gasteiger partial charge on any atom is 0.269 e. The quantitative estimate of drug-likeness (QED) is 0.542. The van der Waals surface area contributed by atoms with Crippen molar-refractivity contribution in [1.82, 2.24) is 4.90 Å². The van der Waals surface area contributed by atoms with E-state index < -0.39 is 0 Å². The minimum absolute atomic E-state index is 0.136. The molecule has 2 aliphatic rings. The number of hydrogen-bond acceptors (Lipinski definition) is 4. The summed E-state index contributed by atoms with van der Waals surface area (Å²) in [5.41, 5.74) is 1.57. The highest BCUT2D eigenvalue weighted by molar-refractivity contribution is 7.99. The molecule has 0 amide bonds. The highest BCUT2D eigenvalue weighted by Crippen LogP contribution is 2.40. The zero-order chi connectivity index (χ0) is 17.2. The van der Waals surface area contributed by atoms with Crippen LogP contribution < -0.4 is 0 Å². The van der Waals surface area contributed by atoms with Gasteiger partial charge in [-0.1, -0.05) is 23.9 Å². The summed E-state index contributed by atoms with van der Waals surface area (Å²) in [6.07, 6.45) is 6.68. The predicted molar refractivity (Wildman–Crippen MR) is 100.0 cm³/mol. The molecule has 2 saturated heterocycles. The van der Waals surface area contributed by atoms with Crippen molar-refractivity contribution in [3.8, 4) is 0 Å². The first-order chi connectivity index (χ1) is 12.2. The van der Waals surface area contributed by atoms with Gasteiger partial charge in [-0.05, 0) is 68.5 Å². The molecule has 2 aromatic rings. The molecule has 0 radical (unpaired) electrons. The smallest absolute Gasteiger partial charge is 0.269 e. The second-order valence-electron chi connectivity index (χ2n) is 6.90. The van der Waals surface area contributed by atoms with E-state index in [2.05, 4.69) is 29.2 Å². The van der Waals surface area contributed by atoms with Crippen molar-refractivity contribution in [3.63, 3.8) is 0 Å². The summed E-state index contributed by atoms with van der Waals surface area (Å²) < 4.78 is 0. The van der Waals surface area contributed by atoms with Crippen LogP contribution in [0.2, 0.25) is 0 Å². The Bertz CT molecular complexity index is 745. The first-order valence-corrected chi connectivity index (χ1v) is 9.80. The topological polar surface area (TPSA) is 46.4 Å². The molecular weight excluding hydrogens is 332 g/mol. The number of nitro groups is 1. The van der Waals surface area contributed by atoms with Gasteiger partial charge in [0.15, 0.2) is 0 Å². The molecule has 2 atom stereocenters. The largest absolute Gasteiger partial charge is 0.293 e. The molecule has 25 heavy (non-hydrogen) atoms. The molecular formula is C20H22N2O2S. The van der Waals surface area contributed by atoms with Gasteiger partial charge in [0.25, 0.3) is 5.69 Å². The van der Waals surface area contributed by atoms with Gasteiger partial charge in [0.05, 0.1) is 4.92 Å². The lowest BCUT2D eigenvalue weighted by Gasteiger charge is -2.38. The summed E-state index contributed by atoms with van der Waals surface area (Å²) in [4.78, 5) is 15.3. The Labute approximate surface area is 152 Å². The Morgan fingerprint density at radius 3 is 2.24 bits per heavy atom. The Morgan fingerprint density at radius 1 is 0.920 bits per heavy atom. The molecule has 2 heterocycles. The van der Waals surface area contributed by atoms with Gasteiger partial charge < -0.3 is 0 Å². The summed E-state index contributed by atoms with van der Waals surface area (Å²) in [5, 5.41) is 10.7. The number of nitrogens with zero attached hydrogens (tertiary/aromatic N) is 2. The minimum atomic E-state index is -0.362. The zero-order valence-electron chi connectivity index (χ0n) is 14.1. The zero-order valence-corrected chi connectivity index (χ0v) is 15.0. The Balaban J connectivity index is 1.45. The highest BCUT2D eigenvalue weighted by Gasteiger charge is 2.34. The fourth-order valence-electron chi connectivity index (χ4n) is 4.18. The third-order valence-electron chi connectivity index (χ3n) is 5.39. The van der Waals surface area contributed by atoms with Crippen molar-refractivity contribution in [2.75, 3.05) is 6.54 Å². The molecule has 0 aromatic heterocycles. The van der Waals surface area contributed by atoms with Gasteiger partial charge in [0.2, 0.25) is 0 Å². The van der Waals surface area contributed by atoms with Crippen LogP contribution in [0.25, 0.3) is 0 Å². The van der Waals surface area contributed by atoms with Crippen LogP contribution in [0.15, 0.2) is 58.3 Å². The average molecular weight is 354 g/mol. The fourth-order valence-corrected chi connectivity index (χ4v) is 5.00. The van der Waals surface area contributed by atoms with Crippen molar-refractivity contribution < 1.29 is 4.92 Å². The van der Waals surface area contributed by atoms with E-state index >= 15 is 0 Å². The molecule has 130 valence electrons. The van der Waals surface area contributed by atoms with Gasteiger partial charge in [-0.15, -0.1) is 0 Å². The van der Waals surface area contributed by atoms with Crippen LogP contribution in [0.3, 0.4) is 0 Å². The third kappa shape index (κ3) is 3.58. The number of non-ortho nitro benzene ring substituents is 1. The molecule has 2 aromatic carbocycles. The van der Waals surface area contributed by atoms with Crippen LogP contribution in [0, 0.1) is 10.1 Å². The number of fused-ring (bicyclic) bond motifs is 1. The fraction of sp³-hybridized carbons (Fsp3) is 0.400. The minimum Gasteiger partial charge on any atom is -0.293 e. The number of nitro benzene ring substituents is 1. The number of rotatable bonds is 4. The maximum absolute atomic E-state index is 10.7. The lowest BCUT2D eigenvalue weighted by Crippen LogP contribution is -2.37. The van der Waals surface area contributed by atoms with Gasteiger partial charge >= 0.3 is 0 Å². The molecule has 4 nitrogen and oxygen atoms in total. The standard InChI is InChI=1S/C20H22N2O2S/c23-22(24)17-8-12-19(13-9-17)25-18-10-6-15(7-11-18)20-5-1-3-16-4-2-14-21(16)20/h6-13,16,20H,1-5,14H2. The molecule has 0 aliphatic carbocycles. The van der Waals surface area contributed by atoms with Gasteiger partial charge in [0.1, 0.15) is 0 Å². The molecule has 0 bridgehead atoms. The third-order valence-corrected chi connectivity index (χ3v) is 6.40. The lowest BCUT2D eigenvalue weighted by atomic mass is 9.92. The van der Waals surface area contributed by atoms with Crippen LogP contribution in [-0.4, -0.2) is 22.4 Å². The summed E-state index contributed by atoms with van der Waals surface area (Å²) >= 11 is 1.65. The van der Waals surface area contributed by atoms with Crippen LogP contribution >= 0.6 is 11.8 Å². The second-order valence-corrected chi connectivity index (χ2v) is 8.05. The van der Waals surface area contributed by atoms with E-state index in [4.69, 9.17) is 0 Å². The van der Waals surface area contributed by atoms with Crippen molar-refractivity contribution in [2.45, 2.75) is 54.0 Å².